The number of ether oxygens (including phenoxy) is 2. The summed E-state index contributed by atoms with van der Waals surface area (Å²) < 4.78 is 9.82. The SMILES string of the molecule is CC1CCNCC1.COC(=O)C(C)C1CCN(C)CC1.COC(=O)C(C1CCN(C)CC1)N1CCC(C)CC1. The Morgan fingerprint density at radius 1 is 0.667 bits per heavy atom. The fraction of sp³-hybridized carbons (Fsp3) is 0.935. The number of piperidine rings is 4. The molecule has 0 bridgehead atoms. The summed E-state index contributed by atoms with van der Waals surface area (Å²) in [7, 11) is 7.27. The Morgan fingerprint density at radius 2 is 1.10 bits per heavy atom. The van der Waals surface area contributed by atoms with Gasteiger partial charge in [0.15, 0.2) is 0 Å². The number of carbonyl (C=O) groups excluding carboxylic acids is 2. The largest absolute Gasteiger partial charge is 0.469 e. The van der Waals surface area contributed by atoms with Gasteiger partial charge < -0.3 is 24.6 Å². The van der Waals surface area contributed by atoms with Crippen LogP contribution in [0.15, 0.2) is 0 Å². The number of likely N-dealkylation sites (tertiary alicyclic amines) is 3. The van der Waals surface area contributed by atoms with Crippen LogP contribution >= 0.6 is 0 Å². The first-order valence-corrected chi connectivity index (χ1v) is 15.6. The number of methoxy groups -OCH3 is 2. The number of carbonyl (C=O) groups is 2. The first-order chi connectivity index (χ1) is 18.7. The van der Waals surface area contributed by atoms with Crippen molar-refractivity contribution in [2.24, 2.45) is 29.6 Å². The zero-order valence-electron chi connectivity index (χ0n) is 26.3. The summed E-state index contributed by atoms with van der Waals surface area (Å²) >= 11 is 0. The third-order valence-electron chi connectivity index (χ3n) is 9.54. The molecule has 0 amide bonds. The maximum absolute atomic E-state index is 12.2. The van der Waals surface area contributed by atoms with Gasteiger partial charge in [-0.1, -0.05) is 20.8 Å². The van der Waals surface area contributed by atoms with Crippen molar-refractivity contribution in [3.05, 3.63) is 0 Å². The van der Waals surface area contributed by atoms with Crippen LogP contribution in [0.4, 0.5) is 0 Å². The van der Waals surface area contributed by atoms with Gasteiger partial charge in [-0.3, -0.25) is 14.5 Å². The van der Waals surface area contributed by atoms with E-state index in [2.05, 4.69) is 48.0 Å². The standard InChI is InChI=1S/C15H28N2O2.C10H19NO2.C6H13N/c1-12-4-10-17(11-5-12)14(15(18)19-3)13-6-8-16(2)9-7-13;1-8(10(12)13-3)9-4-6-11(2)7-5-9;1-6-2-4-7-5-3-6/h12-14H,4-11H2,1-3H3;8-9H,4-7H2,1-3H3;6-7H,2-5H2,1H3. The molecule has 4 rings (SSSR count). The fourth-order valence-electron chi connectivity index (χ4n) is 6.28. The van der Waals surface area contributed by atoms with Crippen LogP contribution in [-0.4, -0.2) is 113 Å². The van der Waals surface area contributed by atoms with Gasteiger partial charge in [0, 0.05) is 0 Å². The van der Waals surface area contributed by atoms with Crippen LogP contribution in [0, 0.1) is 29.6 Å². The molecule has 4 fully saturated rings. The topological polar surface area (TPSA) is 74.3 Å². The van der Waals surface area contributed by atoms with Crippen molar-refractivity contribution in [3.8, 4) is 0 Å². The molecule has 0 aromatic heterocycles. The van der Waals surface area contributed by atoms with E-state index in [1.165, 1.54) is 53.0 Å². The van der Waals surface area contributed by atoms with Crippen molar-refractivity contribution >= 4 is 11.9 Å². The third kappa shape index (κ3) is 12.0. The van der Waals surface area contributed by atoms with Gasteiger partial charge in [0.2, 0.25) is 0 Å². The van der Waals surface area contributed by atoms with Crippen molar-refractivity contribution in [1.82, 2.24) is 20.0 Å². The summed E-state index contributed by atoms with van der Waals surface area (Å²) in [5.41, 5.74) is 0. The minimum Gasteiger partial charge on any atom is -0.469 e. The lowest BCUT2D eigenvalue weighted by molar-refractivity contribution is -0.151. The molecule has 0 spiro atoms. The Kier molecular flexibility index (Phi) is 15.9. The van der Waals surface area contributed by atoms with Gasteiger partial charge in [0.05, 0.1) is 20.1 Å². The van der Waals surface area contributed by atoms with Crippen LogP contribution in [0.25, 0.3) is 0 Å². The minimum absolute atomic E-state index is 0.00815. The molecule has 1 N–H and O–H groups in total. The lowest BCUT2D eigenvalue weighted by atomic mass is 9.86. The van der Waals surface area contributed by atoms with Crippen LogP contribution in [0.5, 0.6) is 0 Å². The lowest BCUT2D eigenvalue weighted by Gasteiger charge is -2.41. The Labute approximate surface area is 239 Å². The molecule has 228 valence electrons. The molecule has 39 heavy (non-hydrogen) atoms. The van der Waals surface area contributed by atoms with Crippen molar-refractivity contribution in [2.75, 3.05) is 80.7 Å². The predicted octanol–water partition coefficient (Wildman–Crippen LogP) is 3.74. The Hall–Kier alpha value is -1.22. The summed E-state index contributed by atoms with van der Waals surface area (Å²) in [5, 5.41) is 3.32. The molecule has 0 aliphatic carbocycles. The number of hydrogen-bond donors (Lipinski definition) is 1. The van der Waals surface area contributed by atoms with Gasteiger partial charge >= 0.3 is 11.9 Å². The van der Waals surface area contributed by atoms with Gasteiger partial charge in [-0.05, 0) is 141 Å². The highest BCUT2D eigenvalue weighted by Gasteiger charge is 2.37. The van der Waals surface area contributed by atoms with E-state index in [1.807, 2.05) is 6.92 Å². The van der Waals surface area contributed by atoms with E-state index in [4.69, 9.17) is 9.47 Å². The summed E-state index contributed by atoms with van der Waals surface area (Å²) in [6.45, 7) is 15.6. The van der Waals surface area contributed by atoms with Crippen LogP contribution in [0.2, 0.25) is 0 Å². The van der Waals surface area contributed by atoms with E-state index in [1.54, 1.807) is 0 Å². The van der Waals surface area contributed by atoms with Crippen LogP contribution in [-0.2, 0) is 19.1 Å². The van der Waals surface area contributed by atoms with Gasteiger partial charge in [0.1, 0.15) is 6.04 Å². The highest BCUT2D eigenvalue weighted by molar-refractivity contribution is 5.76. The van der Waals surface area contributed by atoms with Crippen LogP contribution in [0.3, 0.4) is 0 Å². The average molecular weight is 553 g/mol. The molecular formula is C31H60N4O4. The second kappa shape index (κ2) is 18.3. The van der Waals surface area contributed by atoms with Gasteiger partial charge in [-0.15, -0.1) is 0 Å². The zero-order valence-corrected chi connectivity index (χ0v) is 26.3. The van der Waals surface area contributed by atoms with Gasteiger partial charge in [0.25, 0.3) is 0 Å². The van der Waals surface area contributed by atoms with Crippen LogP contribution < -0.4 is 5.32 Å². The summed E-state index contributed by atoms with van der Waals surface area (Å²) in [6, 6.07) is -0.00815. The smallest absolute Gasteiger partial charge is 0.323 e. The first-order valence-electron chi connectivity index (χ1n) is 15.6. The minimum atomic E-state index is -0.0606. The van der Waals surface area contributed by atoms with Crippen LogP contribution in [0.1, 0.15) is 72.1 Å². The molecule has 8 nitrogen and oxygen atoms in total. The monoisotopic (exact) mass is 552 g/mol. The van der Waals surface area contributed by atoms with E-state index in [9.17, 15) is 9.59 Å². The highest BCUT2D eigenvalue weighted by atomic mass is 16.5. The van der Waals surface area contributed by atoms with Crippen molar-refractivity contribution < 1.29 is 19.1 Å². The quantitative estimate of drug-likeness (QED) is 0.517. The van der Waals surface area contributed by atoms with Gasteiger partial charge in [-0.25, -0.2) is 0 Å². The van der Waals surface area contributed by atoms with Crippen molar-refractivity contribution in [2.45, 2.75) is 78.2 Å². The van der Waals surface area contributed by atoms with E-state index in [0.717, 1.165) is 76.8 Å². The zero-order chi connectivity index (χ0) is 28.8. The summed E-state index contributed by atoms with van der Waals surface area (Å²) in [5.74, 6) is 2.74. The molecule has 4 heterocycles. The van der Waals surface area contributed by atoms with E-state index >= 15 is 0 Å². The average Bonchev–Trinajstić information content (AvgIpc) is 2.96. The number of rotatable bonds is 5. The molecule has 4 aliphatic rings. The molecule has 0 radical (unpaired) electrons. The van der Waals surface area contributed by atoms with E-state index < -0.39 is 0 Å². The fourth-order valence-corrected chi connectivity index (χ4v) is 6.28. The highest BCUT2D eigenvalue weighted by Crippen LogP contribution is 2.28. The van der Waals surface area contributed by atoms with Crippen molar-refractivity contribution in [3.63, 3.8) is 0 Å². The Balaban J connectivity index is 0.000000229. The molecule has 8 heteroatoms. The molecular weight excluding hydrogens is 492 g/mol. The predicted molar refractivity (Wildman–Crippen MR) is 159 cm³/mol. The number of hydrogen-bond acceptors (Lipinski definition) is 8. The summed E-state index contributed by atoms with van der Waals surface area (Å²) in [4.78, 5) is 30.5. The maximum atomic E-state index is 12.2. The van der Waals surface area contributed by atoms with Crippen molar-refractivity contribution in [1.29, 1.82) is 0 Å². The second-order valence-electron chi connectivity index (χ2n) is 12.7. The molecule has 2 unspecified atom stereocenters. The molecule has 2 atom stereocenters. The Bertz CT molecular complexity index is 656. The maximum Gasteiger partial charge on any atom is 0.323 e. The van der Waals surface area contributed by atoms with E-state index in [-0.39, 0.29) is 23.9 Å². The number of nitrogens with one attached hydrogen (secondary N) is 1. The summed E-state index contributed by atoms with van der Waals surface area (Å²) in [6.07, 6.45) is 9.63. The molecule has 4 aliphatic heterocycles. The number of nitrogens with zero attached hydrogens (tertiary/aromatic N) is 3. The van der Waals surface area contributed by atoms with Gasteiger partial charge in [-0.2, -0.15) is 0 Å². The molecule has 0 aromatic carbocycles. The molecule has 0 aromatic rings. The Morgan fingerprint density at radius 3 is 1.51 bits per heavy atom. The first kappa shape index (κ1) is 34.0. The molecule has 0 saturated carbocycles. The number of esters is 2. The normalized spacial score (nSPS) is 24.9. The second-order valence-corrected chi connectivity index (χ2v) is 12.7. The van der Waals surface area contributed by atoms with E-state index in [0.29, 0.717) is 11.8 Å². The third-order valence-corrected chi connectivity index (χ3v) is 9.54. The lowest BCUT2D eigenvalue weighted by Crippen LogP contribution is -2.52. The molecule has 4 saturated heterocycles.